The van der Waals surface area contributed by atoms with Crippen molar-refractivity contribution in [3.05, 3.63) is 29.8 Å². The van der Waals surface area contributed by atoms with Crippen molar-refractivity contribution in [3.8, 4) is 5.75 Å². The van der Waals surface area contributed by atoms with Crippen molar-refractivity contribution in [1.29, 1.82) is 0 Å². The van der Waals surface area contributed by atoms with Gasteiger partial charge in [0.2, 0.25) is 0 Å². The van der Waals surface area contributed by atoms with Crippen molar-refractivity contribution in [1.82, 2.24) is 5.32 Å². The van der Waals surface area contributed by atoms with Crippen molar-refractivity contribution in [3.63, 3.8) is 0 Å². The van der Waals surface area contributed by atoms with E-state index in [-0.39, 0.29) is 18.0 Å². The van der Waals surface area contributed by atoms with Gasteiger partial charge in [-0.05, 0) is 44.5 Å². The van der Waals surface area contributed by atoms with E-state index in [2.05, 4.69) is 10.3 Å². The number of rotatable bonds is 8. The van der Waals surface area contributed by atoms with E-state index in [1.807, 2.05) is 20.8 Å². The van der Waals surface area contributed by atoms with E-state index in [4.69, 9.17) is 14.2 Å². The average Bonchev–Trinajstić information content (AvgIpc) is 2.58. The molecule has 0 unspecified atom stereocenters. The summed E-state index contributed by atoms with van der Waals surface area (Å²) in [6.07, 6.45) is 0.858. The predicted octanol–water partition coefficient (Wildman–Crippen LogP) is 2.63. The molecule has 1 N–H and O–H groups in total. The van der Waals surface area contributed by atoms with Crippen LogP contribution < -0.4 is 10.1 Å². The van der Waals surface area contributed by atoms with Gasteiger partial charge in [-0.1, -0.05) is 6.92 Å². The highest BCUT2D eigenvalue weighted by Gasteiger charge is 2.11. The van der Waals surface area contributed by atoms with Crippen LogP contribution >= 0.6 is 0 Å². The molecule has 1 atom stereocenters. The molecule has 0 aromatic heterocycles. The maximum atomic E-state index is 12.3. The van der Waals surface area contributed by atoms with Gasteiger partial charge in [-0.15, -0.1) is 0 Å². The van der Waals surface area contributed by atoms with E-state index < -0.39 is 0 Å². The first-order valence-electron chi connectivity index (χ1n) is 7.84. The van der Waals surface area contributed by atoms with Gasteiger partial charge < -0.3 is 14.2 Å². The summed E-state index contributed by atoms with van der Waals surface area (Å²) in [6.45, 7) is 7.32. The van der Waals surface area contributed by atoms with Crippen LogP contribution in [-0.4, -0.2) is 44.9 Å². The number of amides is 1. The van der Waals surface area contributed by atoms with Gasteiger partial charge in [0.1, 0.15) is 12.4 Å². The quantitative estimate of drug-likeness (QED) is 0.454. The Morgan fingerprint density at radius 1 is 1.22 bits per heavy atom. The van der Waals surface area contributed by atoms with Gasteiger partial charge >= 0.3 is 0 Å². The van der Waals surface area contributed by atoms with Crippen LogP contribution in [0.2, 0.25) is 0 Å². The third kappa shape index (κ3) is 7.15. The Hall–Kier alpha value is -2.08. The zero-order valence-electron chi connectivity index (χ0n) is 14.3. The summed E-state index contributed by atoms with van der Waals surface area (Å²) < 4.78 is 15.8. The molecule has 1 amide bonds. The third-order valence-corrected chi connectivity index (χ3v) is 3.17. The van der Waals surface area contributed by atoms with Crippen LogP contribution in [0.25, 0.3) is 0 Å². The normalized spacial score (nSPS) is 12.6. The fraction of sp³-hybridized carbons (Fsp3) is 0.529. The molecule has 0 spiro atoms. The highest BCUT2D eigenvalue weighted by molar-refractivity contribution is 6.04. The van der Waals surface area contributed by atoms with Crippen molar-refractivity contribution >= 4 is 11.9 Å². The number of nitrogens with zero attached hydrogens (tertiary/aromatic N) is 1. The number of carbonyl (C=O) groups is 1. The fourth-order valence-electron chi connectivity index (χ4n) is 1.65. The molecular formula is C17H26N2O4. The Kier molecular flexibility index (Phi) is 8.75. The highest BCUT2D eigenvalue weighted by Crippen LogP contribution is 2.11. The van der Waals surface area contributed by atoms with E-state index >= 15 is 0 Å². The molecule has 1 rings (SSSR count). The molecule has 6 nitrogen and oxygen atoms in total. The molecular weight excluding hydrogens is 296 g/mol. The molecule has 128 valence electrons. The van der Waals surface area contributed by atoms with Gasteiger partial charge in [-0.3, -0.25) is 10.1 Å². The molecule has 0 heterocycles. The molecule has 0 saturated heterocycles. The lowest BCUT2D eigenvalue weighted by Crippen LogP contribution is -2.34. The number of aliphatic imine (C=N–C) groups is 1. The maximum absolute atomic E-state index is 12.3. The molecule has 0 aliphatic carbocycles. The van der Waals surface area contributed by atoms with Crippen LogP contribution in [0, 0.1) is 0 Å². The van der Waals surface area contributed by atoms with E-state index in [1.54, 1.807) is 31.4 Å². The lowest BCUT2D eigenvalue weighted by atomic mass is 10.2. The number of hydrogen-bond donors (Lipinski definition) is 1. The number of ether oxygens (including phenoxy) is 3. The van der Waals surface area contributed by atoms with E-state index in [0.717, 1.165) is 6.42 Å². The van der Waals surface area contributed by atoms with Crippen LogP contribution in [0.1, 0.15) is 37.6 Å². The van der Waals surface area contributed by atoms with Crippen LogP contribution in [0.15, 0.2) is 29.3 Å². The zero-order chi connectivity index (χ0) is 17.1. The Morgan fingerprint density at radius 2 is 1.91 bits per heavy atom. The summed E-state index contributed by atoms with van der Waals surface area (Å²) in [7, 11) is 1.58. The van der Waals surface area contributed by atoms with Crippen LogP contribution in [0.4, 0.5) is 0 Å². The summed E-state index contributed by atoms with van der Waals surface area (Å²) in [4.78, 5) is 16.6. The Labute approximate surface area is 137 Å². The van der Waals surface area contributed by atoms with Gasteiger partial charge in [0, 0.05) is 12.2 Å². The smallest absolute Gasteiger partial charge is 0.292 e. The lowest BCUT2D eigenvalue weighted by molar-refractivity contribution is 0.0921. The Bertz CT molecular complexity index is 500. The second kappa shape index (κ2) is 10.6. The number of methoxy groups -OCH3 is 1. The average molecular weight is 322 g/mol. The van der Waals surface area contributed by atoms with E-state index in [0.29, 0.717) is 31.1 Å². The molecule has 0 saturated carbocycles. The minimum Gasteiger partial charge on any atom is -0.497 e. The molecule has 6 heteroatoms. The van der Waals surface area contributed by atoms with Crippen LogP contribution in [-0.2, 0) is 9.47 Å². The number of carbonyl (C=O) groups excluding carboxylic acids is 1. The minimum absolute atomic E-state index is 0.0632. The summed E-state index contributed by atoms with van der Waals surface area (Å²) in [5.41, 5.74) is 0.510. The maximum Gasteiger partial charge on any atom is 0.292 e. The Balaban J connectivity index is 2.69. The van der Waals surface area contributed by atoms with Gasteiger partial charge in [-0.25, -0.2) is 4.99 Å². The molecule has 0 radical (unpaired) electrons. The zero-order valence-corrected chi connectivity index (χ0v) is 14.3. The van der Waals surface area contributed by atoms with Gasteiger partial charge in [0.25, 0.3) is 11.9 Å². The predicted molar refractivity (Wildman–Crippen MR) is 90.1 cm³/mol. The second-order valence-corrected chi connectivity index (χ2v) is 4.92. The van der Waals surface area contributed by atoms with Gasteiger partial charge in [0.15, 0.2) is 0 Å². The van der Waals surface area contributed by atoms with Crippen molar-refractivity contribution in [2.24, 2.45) is 4.99 Å². The largest absolute Gasteiger partial charge is 0.497 e. The van der Waals surface area contributed by atoms with E-state index in [1.165, 1.54) is 0 Å². The molecule has 0 fully saturated rings. The first kappa shape index (κ1) is 19.0. The molecule has 23 heavy (non-hydrogen) atoms. The minimum atomic E-state index is -0.272. The standard InChI is InChI=1S/C17H26N2O4/c1-5-13(3)18-17(23-12-11-22-6-2)19-16(20)14-7-9-15(21-4)10-8-14/h7-10,13H,5-6,11-12H2,1-4H3,(H,18,19,20)/t13-/m1/s1. The summed E-state index contributed by atoms with van der Waals surface area (Å²) >= 11 is 0. The Morgan fingerprint density at radius 3 is 2.48 bits per heavy atom. The van der Waals surface area contributed by atoms with Gasteiger partial charge in [-0.2, -0.15) is 0 Å². The fourth-order valence-corrected chi connectivity index (χ4v) is 1.65. The number of hydrogen-bond acceptors (Lipinski definition) is 5. The van der Waals surface area contributed by atoms with Crippen LogP contribution in [0.5, 0.6) is 5.75 Å². The first-order valence-corrected chi connectivity index (χ1v) is 7.84. The molecule has 0 bridgehead atoms. The molecule has 0 aliphatic rings. The van der Waals surface area contributed by atoms with Crippen molar-refractivity contribution < 1.29 is 19.0 Å². The first-order chi connectivity index (χ1) is 11.1. The highest BCUT2D eigenvalue weighted by atomic mass is 16.5. The lowest BCUT2D eigenvalue weighted by Gasteiger charge is -2.13. The number of amidine groups is 1. The summed E-state index contributed by atoms with van der Waals surface area (Å²) in [6, 6.07) is 7.13. The third-order valence-electron chi connectivity index (χ3n) is 3.17. The summed E-state index contributed by atoms with van der Waals surface area (Å²) in [5, 5.41) is 2.71. The number of nitrogens with one attached hydrogen (secondary N) is 1. The topological polar surface area (TPSA) is 69.2 Å². The second-order valence-electron chi connectivity index (χ2n) is 4.92. The molecule has 0 aliphatic heterocycles. The molecule has 1 aromatic carbocycles. The molecule has 1 aromatic rings. The monoisotopic (exact) mass is 322 g/mol. The van der Waals surface area contributed by atoms with Gasteiger partial charge in [0.05, 0.1) is 19.8 Å². The number of benzene rings is 1. The summed E-state index contributed by atoms with van der Waals surface area (Å²) in [5.74, 6) is 0.425. The van der Waals surface area contributed by atoms with Crippen molar-refractivity contribution in [2.45, 2.75) is 33.2 Å². The van der Waals surface area contributed by atoms with E-state index in [9.17, 15) is 4.79 Å². The SMILES string of the molecule is CCOCCOC(=N[C@H](C)CC)NC(=O)c1ccc(OC)cc1. The van der Waals surface area contributed by atoms with Crippen molar-refractivity contribution in [2.75, 3.05) is 26.9 Å². The van der Waals surface area contributed by atoms with Crippen LogP contribution in [0.3, 0.4) is 0 Å².